The lowest BCUT2D eigenvalue weighted by atomic mass is 10.0. The van der Waals surface area contributed by atoms with Crippen LogP contribution in [0.5, 0.6) is 5.75 Å². The first-order valence-corrected chi connectivity index (χ1v) is 5.29. The highest BCUT2D eigenvalue weighted by Gasteiger charge is 2.12. The highest BCUT2D eigenvalue weighted by molar-refractivity contribution is 5.90. The van der Waals surface area contributed by atoms with Gasteiger partial charge in [-0.1, -0.05) is 24.3 Å². The molecule has 0 aromatic heterocycles. The van der Waals surface area contributed by atoms with Crippen molar-refractivity contribution in [1.82, 2.24) is 0 Å². The largest absolute Gasteiger partial charge is 0.507 e. The second-order valence-electron chi connectivity index (χ2n) is 3.70. The number of phenolic OH excluding ortho intramolecular Hbond substituents is 1. The van der Waals surface area contributed by atoms with Gasteiger partial charge in [0.05, 0.1) is 12.7 Å². The predicted octanol–water partition coefficient (Wildman–Crippen LogP) is 2.98. The van der Waals surface area contributed by atoms with Crippen molar-refractivity contribution in [3.8, 4) is 16.9 Å². The summed E-state index contributed by atoms with van der Waals surface area (Å²) < 4.78 is 18.4. The molecule has 0 saturated heterocycles. The average molecular weight is 246 g/mol. The van der Waals surface area contributed by atoms with Crippen LogP contribution in [0.3, 0.4) is 0 Å². The van der Waals surface area contributed by atoms with E-state index in [1.54, 1.807) is 18.2 Å². The van der Waals surface area contributed by atoms with Crippen molar-refractivity contribution in [2.75, 3.05) is 7.11 Å². The Morgan fingerprint density at radius 2 is 1.89 bits per heavy atom. The first-order valence-electron chi connectivity index (χ1n) is 5.29. The molecule has 0 atom stereocenters. The lowest BCUT2D eigenvalue weighted by Crippen LogP contribution is -2.01. The summed E-state index contributed by atoms with van der Waals surface area (Å²) in [6.07, 6.45) is 0. The van der Waals surface area contributed by atoms with Crippen molar-refractivity contribution in [2.45, 2.75) is 0 Å². The number of halogens is 1. The number of phenols is 1. The highest BCUT2D eigenvalue weighted by Crippen LogP contribution is 2.31. The summed E-state index contributed by atoms with van der Waals surface area (Å²) in [4.78, 5) is 11.2. The minimum atomic E-state index is -0.599. The Balaban J connectivity index is 2.49. The van der Waals surface area contributed by atoms with Crippen LogP contribution in [0.4, 0.5) is 4.39 Å². The smallest absolute Gasteiger partial charge is 0.337 e. The topological polar surface area (TPSA) is 46.5 Å². The quantitative estimate of drug-likeness (QED) is 0.828. The first-order chi connectivity index (χ1) is 8.63. The van der Waals surface area contributed by atoms with Crippen LogP contribution in [0.1, 0.15) is 10.4 Å². The number of esters is 1. The Morgan fingerprint density at radius 3 is 2.50 bits per heavy atom. The molecule has 0 fully saturated rings. The normalized spacial score (nSPS) is 10.1. The number of hydrogen-bond acceptors (Lipinski definition) is 3. The molecular formula is C14H11FO3. The van der Waals surface area contributed by atoms with E-state index in [4.69, 9.17) is 0 Å². The Bertz CT molecular complexity index is 593. The maximum atomic E-state index is 13.9. The van der Waals surface area contributed by atoms with E-state index in [0.29, 0.717) is 5.56 Å². The number of carbonyl (C=O) groups excluding carboxylic acids is 1. The van der Waals surface area contributed by atoms with E-state index in [0.717, 1.165) is 6.07 Å². The van der Waals surface area contributed by atoms with Gasteiger partial charge in [-0.05, 0) is 18.2 Å². The van der Waals surface area contributed by atoms with Gasteiger partial charge in [-0.15, -0.1) is 0 Å². The third-order valence-corrected chi connectivity index (χ3v) is 2.58. The van der Waals surface area contributed by atoms with Crippen molar-refractivity contribution in [3.63, 3.8) is 0 Å². The van der Waals surface area contributed by atoms with Crippen LogP contribution in [-0.2, 0) is 4.74 Å². The minimum Gasteiger partial charge on any atom is -0.507 e. The number of hydrogen-bond donors (Lipinski definition) is 1. The molecule has 2 aromatic carbocycles. The molecule has 2 rings (SSSR count). The van der Waals surface area contributed by atoms with Crippen LogP contribution in [0.25, 0.3) is 11.1 Å². The highest BCUT2D eigenvalue weighted by atomic mass is 19.1. The monoisotopic (exact) mass is 246 g/mol. The van der Waals surface area contributed by atoms with E-state index >= 15 is 0 Å². The van der Waals surface area contributed by atoms with Crippen molar-refractivity contribution in [3.05, 3.63) is 53.8 Å². The molecule has 0 bridgehead atoms. The molecule has 3 nitrogen and oxygen atoms in total. The van der Waals surface area contributed by atoms with Crippen LogP contribution in [0.2, 0.25) is 0 Å². The van der Waals surface area contributed by atoms with Crippen molar-refractivity contribution in [2.24, 2.45) is 0 Å². The van der Waals surface area contributed by atoms with Gasteiger partial charge in [-0.25, -0.2) is 9.18 Å². The molecule has 2 aromatic rings. The summed E-state index contributed by atoms with van der Waals surface area (Å²) in [5, 5.41) is 9.65. The van der Waals surface area contributed by atoms with Gasteiger partial charge >= 0.3 is 5.97 Å². The number of para-hydroxylation sites is 1. The molecule has 1 N–H and O–H groups in total. The van der Waals surface area contributed by atoms with Crippen LogP contribution in [0.15, 0.2) is 42.5 Å². The molecule has 0 amide bonds. The fourth-order valence-corrected chi connectivity index (χ4v) is 1.68. The van der Waals surface area contributed by atoms with E-state index in [1.165, 1.54) is 25.3 Å². The average Bonchev–Trinajstić information content (AvgIpc) is 2.39. The second kappa shape index (κ2) is 4.87. The molecule has 0 heterocycles. The lowest BCUT2D eigenvalue weighted by Gasteiger charge is -2.07. The van der Waals surface area contributed by atoms with Gasteiger partial charge in [0, 0.05) is 11.1 Å². The van der Waals surface area contributed by atoms with Crippen molar-refractivity contribution >= 4 is 5.97 Å². The SMILES string of the molecule is COC(=O)c1ccc(-c2ccccc2O)c(F)c1. The Labute approximate surface area is 103 Å². The summed E-state index contributed by atoms with van der Waals surface area (Å²) in [6.45, 7) is 0. The molecule has 0 aliphatic rings. The summed E-state index contributed by atoms with van der Waals surface area (Å²) in [7, 11) is 1.23. The van der Waals surface area contributed by atoms with Gasteiger partial charge in [0.1, 0.15) is 11.6 Å². The van der Waals surface area contributed by atoms with Crippen LogP contribution in [-0.4, -0.2) is 18.2 Å². The molecule has 0 aliphatic heterocycles. The number of aromatic hydroxyl groups is 1. The Kier molecular flexibility index (Phi) is 3.28. The van der Waals surface area contributed by atoms with Crippen molar-refractivity contribution < 1.29 is 19.0 Å². The van der Waals surface area contributed by atoms with Gasteiger partial charge < -0.3 is 9.84 Å². The molecule has 0 saturated carbocycles. The second-order valence-corrected chi connectivity index (χ2v) is 3.70. The Hall–Kier alpha value is -2.36. The van der Waals surface area contributed by atoms with E-state index in [9.17, 15) is 14.3 Å². The molecule has 0 spiro atoms. The fourth-order valence-electron chi connectivity index (χ4n) is 1.68. The maximum Gasteiger partial charge on any atom is 0.337 e. The molecule has 0 aliphatic carbocycles. The van der Waals surface area contributed by atoms with Gasteiger partial charge in [0.25, 0.3) is 0 Å². The summed E-state index contributed by atoms with van der Waals surface area (Å²) in [5.41, 5.74) is 0.751. The van der Waals surface area contributed by atoms with Crippen LogP contribution in [0, 0.1) is 5.82 Å². The standard InChI is InChI=1S/C14H11FO3/c1-18-14(17)9-6-7-10(12(15)8-9)11-4-2-3-5-13(11)16/h2-8,16H,1H3. The molecule has 92 valence electrons. The minimum absolute atomic E-state index is 0.0118. The fraction of sp³-hybridized carbons (Fsp3) is 0.0714. The number of rotatable bonds is 2. The van der Waals surface area contributed by atoms with Gasteiger partial charge in [0.15, 0.2) is 0 Å². The molecule has 18 heavy (non-hydrogen) atoms. The third kappa shape index (κ3) is 2.18. The van der Waals surface area contributed by atoms with E-state index in [2.05, 4.69) is 4.74 Å². The van der Waals surface area contributed by atoms with E-state index in [-0.39, 0.29) is 16.9 Å². The number of carbonyl (C=O) groups is 1. The number of benzene rings is 2. The molecule has 4 heteroatoms. The van der Waals surface area contributed by atoms with Crippen LogP contribution < -0.4 is 0 Å². The zero-order chi connectivity index (χ0) is 13.1. The maximum absolute atomic E-state index is 13.9. The predicted molar refractivity (Wildman–Crippen MR) is 64.8 cm³/mol. The summed E-state index contributed by atoms with van der Waals surface area (Å²) >= 11 is 0. The van der Waals surface area contributed by atoms with Gasteiger partial charge in [-0.2, -0.15) is 0 Å². The number of methoxy groups -OCH3 is 1. The first kappa shape index (κ1) is 12.1. The summed E-state index contributed by atoms with van der Waals surface area (Å²) in [5.74, 6) is -1.20. The summed E-state index contributed by atoms with van der Waals surface area (Å²) in [6, 6.07) is 10.4. The van der Waals surface area contributed by atoms with Gasteiger partial charge in [0.2, 0.25) is 0 Å². The molecule has 0 unspecified atom stereocenters. The zero-order valence-electron chi connectivity index (χ0n) is 9.68. The number of ether oxygens (including phenoxy) is 1. The van der Waals surface area contributed by atoms with E-state index < -0.39 is 11.8 Å². The lowest BCUT2D eigenvalue weighted by molar-refractivity contribution is 0.0600. The Morgan fingerprint density at radius 1 is 1.17 bits per heavy atom. The van der Waals surface area contributed by atoms with Crippen LogP contribution >= 0.6 is 0 Å². The molecule has 0 radical (unpaired) electrons. The molecular weight excluding hydrogens is 235 g/mol. The third-order valence-electron chi connectivity index (χ3n) is 2.58. The van der Waals surface area contributed by atoms with E-state index in [1.807, 2.05) is 0 Å². The van der Waals surface area contributed by atoms with Crippen molar-refractivity contribution in [1.29, 1.82) is 0 Å². The zero-order valence-corrected chi connectivity index (χ0v) is 9.68. The van der Waals surface area contributed by atoms with Gasteiger partial charge in [-0.3, -0.25) is 0 Å².